The predicted octanol–water partition coefficient (Wildman–Crippen LogP) is 2.06. The number of pyridine rings is 1. The van der Waals surface area contributed by atoms with Crippen LogP contribution in [0.5, 0.6) is 5.75 Å². The Balaban J connectivity index is 1.66. The summed E-state index contributed by atoms with van der Waals surface area (Å²) in [4.78, 5) is 19.4. The molecule has 1 aliphatic rings. The first-order chi connectivity index (χ1) is 13.3. The molecular formula is C20H21N5O2. The molecule has 1 fully saturated rings. The topological polar surface area (TPSA) is 72.3 Å². The number of nitrogens with zero attached hydrogens (tertiary/aromatic N) is 4. The quantitative estimate of drug-likeness (QED) is 0.768. The van der Waals surface area contributed by atoms with Crippen molar-refractivity contribution in [2.45, 2.75) is 6.04 Å². The number of amides is 1. The standard InChI is InChI=1S/C20H21N5O2/c1-27-19-6-3-2-5-16(19)18-14-21-10-12-24(18)20(26)17-13-15(7-9-22-17)25-11-4-8-23-25/h2-9,11,13,18,21H,10,12,14H2,1H3. The van der Waals surface area contributed by atoms with Gasteiger partial charge in [-0.25, -0.2) is 4.68 Å². The number of hydrogen-bond donors (Lipinski definition) is 1. The maximum absolute atomic E-state index is 13.3. The molecule has 1 amide bonds. The van der Waals surface area contributed by atoms with E-state index in [4.69, 9.17) is 4.74 Å². The number of benzene rings is 1. The summed E-state index contributed by atoms with van der Waals surface area (Å²) >= 11 is 0. The van der Waals surface area contributed by atoms with Crippen molar-refractivity contribution in [3.05, 3.63) is 72.3 Å². The Hall–Kier alpha value is -3.19. The molecule has 1 unspecified atom stereocenters. The Morgan fingerprint density at radius 2 is 2.11 bits per heavy atom. The summed E-state index contributed by atoms with van der Waals surface area (Å²) in [6.07, 6.45) is 5.19. The van der Waals surface area contributed by atoms with E-state index in [1.54, 1.807) is 30.3 Å². The van der Waals surface area contributed by atoms with Gasteiger partial charge >= 0.3 is 0 Å². The molecule has 3 heterocycles. The largest absolute Gasteiger partial charge is 0.496 e. The van der Waals surface area contributed by atoms with E-state index in [-0.39, 0.29) is 11.9 Å². The molecule has 0 bridgehead atoms. The highest BCUT2D eigenvalue weighted by Crippen LogP contribution is 2.31. The lowest BCUT2D eigenvalue weighted by atomic mass is 10.0. The van der Waals surface area contributed by atoms with Gasteiger partial charge in [-0.1, -0.05) is 18.2 Å². The number of rotatable bonds is 4. The van der Waals surface area contributed by atoms with Crippen molar-refractivity contribution in [2.24, 2.45) is 0 Å². The molecule has 27 heavy (non-hydrogen) atoms. The normalized spacial score (nSPS) is 16.9. The molecule has 138 valence electrons. The number of nitrogens with one attached hydrogen (secondary N) is 1. The number of piperazine rings is 1. The number of aromatic nitrogens is 3. The monoisotopic (exact) mass is 363 g/mol. The van der Waals surface area contributed by atoms with Crippen LogP contribution in [0.25, 0.3) is 5.69 Å². The van der Waals surface area contributed by atoms with E-state index in [1.807, 2.05) is 47.5 Å². The van der Waals surface area contributed by atoms with Crippen molar-refractivity contribution >= 4 is 5.91 Å². The first-order valence-electron chi connectivity index (χ1n) is 8.88. The fourth-order valence-electron chi connectivity index (χ4n) is 3.41. The molecule has 0 aliphatic carbocycles. The second-order valence-corrected chi connectivity index (χ2v) is 6.31. The minimum atomic E-state index is -0.113. The molecule has 0 spiro atoms. The Morgan fingerprint density at radius 3 is 2.93 bits per heavy atom. The van der Waals surface area contributed by atoms with E-state index in [0.29, 0.717) is 18.8 Å². The van der Waals surface area contributed by atoms with Gasteiger partial charge in [0, 0.05) is 43.8 Å². The van der Waals surface area contributed by atoms with Crippen molar-refractivity contribution in [1.29, 1.82) is 0 Å². The SMILES string of the molecule is COc1ccccc1C1CNCCN1C(=O)c1cc(-n2cccn2)ccn1. The third-order valence-electron chi connectivity index (χ3n) is 4.73. The third-order valence-corrected chi connectivity index (χ3v) is 4.73. The van der Waals surface area contributed by atoms with Crippen LogP contribution in [-0.2, 0) is 0 Å². The highest BCUT2D eigenvalue weighted by atomic mass is 16.5. The minimum Gasteiger partial charge on any atom is -0.496 e. The van der Waals surface area contributed by atoms with Crippen LogP contribution in [0.2, 0.25) is 0 Å². The lowest BCUT2D eigenvalue weighted by Crippen LogP contribution is -2.49. The summed E-state index contributed by atoms with van der Waals surface area (Å²) in [6.45, 7) is 2.02. The van der Waals surface area contributed by atoms with Gasteiger partial charge in [0.25, 0.3) is 5.91 Å². The van der Waals surface area contributed by atoms with Crippen LogP contribution in [0, 0.1) is 0 Å². The number of carbonyl (C=O) groups excluding carboxylic acids is 1. The molecule has 1 saturated heterocycles. The van der Waals surface area contributed by atoms with Gasteiger partial charge in [0.05, 0.1) is 18.8 Å². The van der Waals surface area contributed by atoms with E-state index < -0.39 is 0 Å². The lowest BCUT2D eigenvalue weighted by molar-refractivity contribution is 0.0625. The summed E-state index contributed by atoms with van der Waals surface area (Å²) in [5, 5.41) is 7.59. The van der Waals surface area contributed by atoms with Crippen LogP contribution in [0.15, 0.2) is 61.1 Å². The van der Waals surface area contributed by atoms with Crippen LogP contribution >= 0.6 is 0 Å². The smallest absolute Gasteiger partial charge is 0.273 e. The van der Waals surface area contributed by atoms with Crippen LogP contribution in [0.4, 0.5) is 0 Å². The number of ether oxygens (including phenoxy) is 1. The van der Waals surface area contributed by atoms with Gasteiger partial charge in [0.1, 0.15) is 11.4 Å². The number of carbonyl (C=O) groups is 1. The first kappa shape index (κ1) is 17.2. The molecule has 1 aliphatic heterocycles. The molecule has 1 atom stereocenters. The van der Waals surface area contributed by atoms with Crippen LogP contribution in [0.3, 0.4) is 0 Å². The summed E-state index contributed by atoms with van der Waals surface area (Å²) in [5.74, 6) is 0.684. The summed E-state index contributed by atoms with van der Waals surface area (Å²) in [6, 6.07) is 13.2. The van der Waals surface area contributed by atoms with Crippen LogP contribution < -0.4 is 10.1 Å². The fraction of sp³-hybridized carbons (Fsp3) is 0.250. The van der Waals surface area contributed by atoms with Crippen LogP contribution in [0.1, 0.15) is 22.1 Å². The van der Waals surface area contributed by atoms with E-state index >= 15 is 0 Å². The van der Waals surface area contributed by atoms with Gasteiger partial charge in [-0.2, -0.15) is 5.10 Å². The highest BCUT2D eigenvalue weighted by molar-refractivity contribution is 5.93. The highest BCUT2D eigenvalue weighted by Gasteiger charge is 2.31. The second-order valence-electron chi connectivity index (χ2n) is 6.31. The maximum Gasteiger partial charge on any atom is 0.273 e. The number of para-hydroxylation sites is 1. The summed E-state index contributed by atoms with van der Waals surface area (Å²) in [5.41, 5.74) is 2.20. The Morgan fingerprint density at radius 1 is 1.22 bits per heavy atom. The van der Waals surface area contributed by atoms with Gasteiger partial charge in [-0.15, -0.1) is 0 Å². The molecular weight excluding hydrogens is 342 g/mol. The molecule has 0 radical (unpaired) electrons. The van der Waals surface area contributed by atoms with Crippen molar-refractivity contribution in [2.75, 3.05) is 26.7 Å². The Kier molecular flexibility index (Phi) is 4.84. The number of hydrogen-bond acceptors (Lipinski definition) is 5. The zero-order chi connectivity index (χ0) is 18.6. The number of methoxy groups -OCH3 is 1. The second kappa shape index (κ2) is 7.59. The summed E-state index contributed by atoms with van der Waals surface area (Å²) in [7, 11) is 1.65. The fourth-order valence-corrected chi connectivity index (χ4v) is 3.41. The van der Waals surface area contributed by atoms with E-state index in [0.717, 1.165) is 23.5 Å². The third kappa shape index (κ3) is 3.41. The molecule has 3 aromatic rings. The minimum absolute atomic E-state index is 0.0959. The Labute approximate surface area is 157 Å². The molecule has 4 rings (SSSR count). The van der Waals surface area contributed by atoms with Crippen LogP contribution in [-0.4, -0.2) is 52.3 Å². The molecule has 2 aromatic heterocycles. The van der Waals surface area contributed by atoms with Gasteiger partial charge in [-0.3, -0.25) is 9.78 Å². The molecule has 7 nitrogen and oxygen atoms in total. The summed E-state index contributed by atoms with van der Waals surface area (Å²) < 4.78 is 7.22. The van der Waals surface area contributed by atoms with E-state index in [9.17, 15) is 4.79 Å². The van der Waals surface area contributed by atoms with Gasteiger partial charge in [0.15, 0.2) is 0 Å². The van der Waals surface area contributed by atoms with Gasteiger partial charge in [-0.05, 0) is 24.3 Å². The van der Waals surface area contributed by atoms with E-state index in [2.05, 4.69) is 15.4 Å². The predicted molar refractivity (Wildman–Crippen MR) is 101 cm³/mol. The van der Waals surface area contributed by atoms with Crippen molar-refractivity contribution in [3.63, 3.8) is 0 Å². The van der Waals surface area contributed by atoms with Crippen molar-refractivity contribution < 1.29 is 9.53 Å². The molecule has 1 aromatic carbocycles. The Bertz CT molecular complexity index is 926. The average Bonchev–Trinajstić information content (AvgIpc) is 3.28. The molecule has 7 heteroatoms. The van der Waals surface area contributed by atoms with Gasteiger partial charge in [0.2, 0.25) is 0 Å². The van der Waals surface area contributed by atoms with Crippen molar-refractivity contribution in [3.8, 4) is 11.4 Å². The maximum atomic E-state index is 13.3. The zero-order valence-corrected chi connectivity index (χ0v) is 15.1. The first-order valence-corrected chi connectivity index (χ1v) is 8.88. The zero-order valence-electron chi connectivity index (χ0n) is 15.1. The average molecular weight is 363 g/mol. The molecule has 1 N–H and O–H groups in total. The van der Waals surface area contributed by atoms with Crippen molar-refractivity contribution in [1.82, 2.24) is 25.0 Å². The van der Waals surface area contributed by atoms with E-state index in [1.165, 1.54) is 0 Å². The molecule has 0 saturated carbocycles. The lowest BCUT2D eigenvalue weighted by Gasteiger charge is -2.37. The van der Waals surface area contributed by atoms with Gasteiger partial charge < -0.3 is 15.0 Å².